The van der Waals surface area contributed by atoms with Crippen LogP contribution in [0.25, 0.3) is 0 Å². The van der Waals surface area contributed by atoms with E-state index >= 15 is 0 Å². The quantitative estimate of drug-likeness (QED) is 0.888. The molecule has 0 heterocycles. The molecule has 0 saturated carbocycles. The average molecular weight is 348 g/mol. The van der Waals surface area contributed by atoms with Gasteiger partial charge in [-0.15, -0.1) is 0 Å². The molecule has 4 nitrogen and oxygen atoms in total. The third-order valence-corrected chi connectivity index (χ3v) is 4.56. The Morgan fingerprint density at radius 2 is 1.89 bits per heavy atom. The zero-order chi connectivity index (χ0) is 14.6. The van der Waals surface area contributed by atoms with Crippen LogP contribution in [0.15, 0.2) is 28.7 Å². The van der Waals surface area contributed by atoms with Gasteiger partial charge in [-0.3, -0.25) is 4.79 Å². The van der Waals surface area contributed by atoms with Crippen molar-refractivity contribution in [2.75, 3.05) is 12.0 Å². The van der Waals surface area contributed by atoms with Crippen molar-refractivity contribution in [1.82, 2.24) is 5.32 Å². The largest absolute Gasteiger partial charge is 0.349 e. The monoisotopic (exact) mass is 347 g/mol. The van der Waals surface area contributed by atoms with Gasteiger partial charge >= 0.3 is 0 Å². The number of halogens is 1. The number of benzene rings is 1. The van der Waals surface area contributed by atoms with Gasteiger partial charge in [-0.1, -0.05) is 41.1 Å². The molecular formula is C13H18BrNO3S. The third kappa shape index (κ3) is 5.32. The molecule has 0 radical (unpaired) electrons. The van der Waals surface area contributed by atoms with Gasteiger partial charge in [-0.25, -0.2) is 8.42 Å². The summed E-state index contributed by atoms with van der Waals surface area (Å²) < 4.78 is 23.3. The number of nitrogens with one attached hydrogen (secondary N) is 1. The second kappa shape index (κ2) is 6.52. The zero-order valence-corrected chi connectivity index (χ0v) is 13.6. The van der Waals surface area contributed by atoms with E-state index in [2.05, 4.69) is 21.2 Å². The molecule has 0 aliphatic heterocycles. The second-order valence-electron chi connectivity index (χ2n) is 4.75. The average Bonchev–Trinajstić information content (AvgIpc) is 2.27. The molecule has 1 aromatic carbocycles. The SMILES string of the molecule is C[C@H](CS(C)(=O)=O)C(=O)N[C@H](C)c1ccccc1Br. The van der Waals surface area contributed by atoms with Crippen molar-refractivity contribution in [3.63, 3.8) is 0 Å². The van der Waals surface area contributed by atoms with Gasteiger partial charge in [0.15, 0.2) is 0 Å². The maximum atomic E-state index is 11.9. The highest BCUT2D eigenvalue weighted by molar-refractivity contribution is 9.10. The summed E-state index contributed by atoms with van der Waals surface area (Å²) in [6.07, 6.45) is 1.13. The van der Waals surface area contributed by atoms with E-state index in [1.54, 1.807) is 6.92 Å². The summed E-state index contributed by atoms with van der Waals surface area (Å²) in [5, 5.41) is 2.83. The molecule has 19 heavy (non-hydrogen) atoms. The Bertz CT molecular complexity index is 557. The number of sulfone groups is 1. The Labute approximate surface area is 122 Å². The first-order valence-corrected chi connectivity index (χ1v) is 8.78. The highest BCUT2D eigenvalue weighted by Gasteiger charge is 2.20. The summed E-state index contributed by atoms with van der Waals surface area (Å²) in [4.78, 5) is 11.9. The molecule has 6 heteroatoms. The Morgan fingerprint density at radius 1 is 1.32 bits per heavy atom. The molecule has 106 valence electrons. The smallest absolute Gasteiger partial charge is 0.224 e. The lowest BCUT2D eigenvalue weighted by atomic mass is 10.1. The normalized spacial score (nSPS) is 14.7. The van der Waals surface area contributed by atoms with Crippen LogP contribution in [0.1, 0.15) is 25.5 Å². The summed E-state index contributed by atoms with van der Waals surface area (Å²) >= 11 is 3.43. The highest BCUT2D eigenvalue weighted by atomic mass is 79.9. The standard InChI is InChI=1S/C13H18BrNO3S/c1-9(8-19(3,17)18)13(16)15-10(2)11-6-4-5-7-12(11)14/h4-7,9-10H,8H2,1-3H3,(H,15,16)/t9-,10-/m1/s1. The lowest BCUT2D eigenvalue weighted by molar-refractivity contribution is -0.124. The Morgan fingerprint density at radius 3 is 2.42 bits per heavy atom. The lowest BCUT2D eigenvalue weighted by Crippen LogP contribution is -2.34. The minimum atomic E-state index is -3.15. The molecule has 0 aromatic heterocycles. The van der Waals surface area contributed by atoms with Gasteiger partial charge < -0.3 is 5.32 Å². The van der Waals surface area contributed by atoms with Crippen molar-refractivity contribution in [1.29, 1.82) is 0 Å². The first-order chi connectivity index (χ1) is 8.70. The van der Waals surface area contributed by atoms with Gasteiger partial charge in [-0.05, 0) is 18.6 Å². The predicted octanol–water partition coefficient (Wildman–Crippen LogP) is 2.31. The summed E-state index contributed by atoms with van der Waals surface area (Å²) in [5.41, 5.74) is 0.961. The van der Waals surface area contributed by atoms with Crippen molar-refractivity contribution in [2.45, 2.75) is 19.9 Å². The first-order valence-electron chi connectivity index (χ1n) is 5.93. The van der Waals surface area contributed by atoms with E-state index in [0.29, 0.717) is 0 Å². The summed E-state index contributed by atoms with van der Waals surface area (Å²) in [7, 11) is -3.15. The van der Waals surface area contributed by atoms with Crippen molar-refractivity contribution in [3.8, 4) is 0 Å². The number of carbonyl (C=O) groups is 1. The van der Waals surface area contributed by atoms with Crippen LogP contribution in [0.3, 0.4) is 0 Å². The van der Waals surface area contributed by atoms with Gasteiger partial charge in [0, 0.05) is 16.6 Å². The summed E-state index contributed by atoms with van der Waals surface area (Å²) in [6.45, 7) is 3.48. The number of carbonyl (C=O) groups excluding carboxylic acids is 1. The first kappa shape index (κ1) is 16.2. The second-order valence-corrected chi connectivity index (χ2v) is 7.78. The fourth-order valence-electron chi connectivity index (χ4n) is 1.79. The Hall–Kier alpha value is -0.880. The Balaban J connectivity index is 2.70. The molecule has 1 amide bonds. The van der Waals surface area contributed by atoms with E-state index in [1.807, 2.05) is 31.2 Å². The summed E-state index contributed by atoms with van der Waals surface area (Å²) in [5.74, 6) is -0.949. The molecule has 0 saturated heterocycles. The van der Waals surface area contributed by atoms with Crippen molar-refractivity contribution < 1.29 is 13.2 Å². The van der Waals surface area contributed by atoms with Crippen LogP contribution < -0.4 is 5.32 Å². The van der Waals surface area contributed by atoms with Crippen LogP contribution in [-0.4, -0.2) is 26.3 Å². The molecule has 0 bridgehead atoms. The van der Waals surface area contributed by atoms with E-state index in [-0.39, 0.29) is 17.7 Å². The van der Waals surface area contributed by atoms with Gasteiger partial charge in [0.25, 0.3) is 0 Å². The van der Waals surface area contributed by atoms with Gasteiger partial charge in [0.2, 0.25) is 5.91 Å². The van der Waals surface area contributed by atoms with Gasteiger partial charge in [0.05, 0.1) is 11.8 Å². The van der Waals surface area contributed by atoms with Crippen molar-refractivity contribution in [2.24, 2.45) is 5.92 Å². The van der Waals surface area contributed by atoms with E-state index in [9.17, 15) is 13.2 Å². The van der Waals surface area contributed by atoms with Gasteiger partial charge in [-0.2, -0.15) is 0 Å². The number of amides is 1. The fraction of sp³-hybridized carbons (Fsp3) is 0.462. The van der Waals surface area contributed by atoms with Crippen LogP contribution in [-0.2, 0) is 14.6 Å². The lowest BCUT2D eigenvalue weighted by Gasteiger charge is -2.18. The number of hydrogen-bond acceptors (Lipinski definition) is 3. The van der Waals surface area contributed by atoms with Crippen LogP contribution in [0, 0.1) is 5.92 Å². The zero-order valence-electron chi connectivity index (χ0n) is 11.2. The molecular weight excluding hydrogens is 330 g/mol. The molecule has 0 aliphatic rings. The van der Waals surface area contributed by atoms with Crippen LogP contribution in [0.5, 0.6) is 0 Å². The third-order valence-electron chi connectivity index (χ3n) is 2.73. The van der Waals surface area contributed by atoms with E-state index < -0.39 is 15.8 Å². The molecule has 0 unspecified atom stereocenters. The minimum absolute atomic E-state index is 0.137. The molecule has 0 aliphatic carbocycles. The topological polar surface area (TPSA) is 63.2 Å². The van der Waals surface area contributed by atoms with Crippen molar-refractivity contribution >= 4 is 31.7 Å². The molecule has 0 fully saturated rings. The molecule has 1 N–H and O–H groups in total. The van der Waals surface area contributed by atoms with Gasteiger partial charge in [0.1, 0.15) is 9.84 Å². The van der Waals surface area contributed by atoms with E-state index in [1.165, 1.54) is 0 Å². The molecule has 1 rings (SSSR count). The minimum Gasteiger partial charge on any atom is -0.349 e. The molecule has 0 spiro atoms. The predicted molar refractivity (Wildman–Crippen MR) is 79.6 cm³/mol. The maximum absolute atomic E-state index is 11.9. The highest BCUT2D eigenvalue weighted by Crippen LogP contribution is 2.22. The molecule has 2 atom stereocenters. The number of hydrogen-bond donors (Lipinski definition) is 1. The van der Waals surface area contributed by atoms with E-state index in [0.717, 1.165) is 16.3 Å². The van der Waals surface area contributed by atoms with Crippen molar-refractivity contribution in [3.05, 3.63) is 34.3 Å². The van der Waals surface area contributed by atoms with E-state index in [4.69, 9.17) is 0 Å². The number of rotatable bonds is 5. The molecule has 1 aromatic rings. The fourth-order valence-corrected chi connectivity index (χ4v) is 3.48. The van der Waals surface area contributed by atoms with Crippen LogP contribution >= 0.6 is 15.9 Å². The van der Waals surface area contributed by atoms with Crippen LogP contribution in [0.2, 0.25) is 0 Å². The Kier molecular flexibility index (Phi) is 5.55. The van der Waals surface area contributed by atoms with Crippen LogP contribution in [0.4, 0.5) is 0 Å². The maximum Gasteiger partial charge on any atom is 0.224 e. The summed E-state index contributed by atoms with van der Waals surface area (Å²) in [6, 6.07) is 7.43.